The van der Waals surface area contributed by atoms with Crippen molar-refractivity contribution in [1.29, 1.82) is 0 Å². The number of benzene rings is 2. The van der Waals surface area contributed by atoms with Gasteiger partial charge in [-0.05, 0) is 50.6 Å². The van der Waals surface area contributed by atoms with Gasteiger partial charge in [0.2, 0.25) is 5.76 Å². The molecule has 6 heteroatoms. The number of rotatable bonds is 4. The van der Waals surface area contributed by atoms with E-state index in [0.29, 0.717) is 11.1 Å². The summed E-state index contributed by atoms with van der Waals surface area (Å²) in [4.78, 5) is 36.7. The summed E-state index contributed by atoms with van der Waals surface area (Å²) >= 11 is 0. The van der Waals surface area contributed by atoms with Crippen LogP contribution in [-0.2, 0) is 9.53 Å². The highest BCUT2D eigenvalue weighted by Gasteiger charge is 2.21. The van der Waals surface area contributed by atoms with E-state index in [1.54, 1.807) is 30.3 Å². The molecule has 0 fully saturated rings. The van der Waals surface area contributed by atoms with Crippen LogP contribution in [0.2, 0.25) is 0 Å². The average Bonchev–Trinajstić information content (AvgIpc) is 2.62. The highest BCUT2D eigenvalue weighted by atomic mass is 16.6. The molecule has 0 bridgehead atoms. The van der Waals surface area contributed by atoms with Gasteiger partial charge >= 0.3 is 5.97 Å². The van der Waals surface area contributed by atoms with E-state index in [1.165, 1.54) is 6.92 Å². The largest absolute Gasteiger partial charge is 0.449 e. The fraction of sp³-hybridized carbons (Fsp3) is 0.190. The van der Waals surface area contributed by atoms with Crippen LogP contribution < -0.4 is 10.7 Å². The van der Waals surface area contributed by atoms with E-state index < -0.39 is 18.0 Å². The third kappa shape index (κ3) is 4.23. The molecule has 1 amide bonds. The first kappa shape index (κ1) is 18.4. The Morgan fingerprint density at radius 3 is 2.52 bits per heavy atom. The first-order chi connectivity index (χ1) is 12.8. The predicted octanol–water partition coefficient (Wildman–Crippen LogP) is 3.59. The lowest BCUT2D eigenvalue weighted by molar-refractivity contribution is -0.123. The van der Waals surface area contributed by atoms with Crippen LogP contribution in [0.3, 0.4) is 0 Å². The van der Waals surface area contributed by atoms with E-state index in [9.17, 15) is 14.4 Å². The minimum Gasteiger partial charge on any atom is -0.449 e. The van der Waals surface area contributed by atoms with Gasteiger partial charge in [0.05, 0.1) is 5.39 Å². The van der Waals surface area contributed by atoms with Crippen LogP contribution in [0.25, 0.3) is 11.0 Å². The lowest BCUT2D eigenvalue weighted by Crippen LogP contribution is -2.30. The summed E-state index contributed by atoms with van der Waals surface area (Å²) in [5, 5.41) is 3.06. The summed E-state index contributed by atoms with van der Waals surface area (Å²) in [7, 11) is 0. The first-order valence-electron chi connectivity index (χ1n) is 8.46. The molecule has 1 heterocycles. The fourth-order valence-electron chi connectivity index (χ4n) is 2.61. The van der Waals surface area contributed by atoms with Crippen molar-refractivity contribution in [2.24, 2.45) is 0 Å². The van der Waals surface area contributed by atoms with Gasteiger partial charge in [-0.1, -0.05) is 23.8 Å². The minimum absolute atomic E-state index is 0.244. The first-order valence-corrected chi connectivity index (χ1v) is 8.46. The Balaban J connectivity index is 1.74. The van der Waals surface area contributed by atoms with Crippen LogP contribution in [-0.4, -0.2) is 18.0 Å². The molecule has 0 unspecified atom stereocenters. The van der Waals surface area contributed by atoms with Crippen LogP contribution in [0, 0.1) is 13.8 Å². The molecule has 2 aromatic carbocycles. The van der Waals surface area contributed by atoms with Gasteiger partial charge in [-0.3, -0.25) is 9.59 Å². The summed E-state index contributed by atoms with van der Waals surface area (Å²) in [6, 6.07) is 13.4. The Morgan fingerprint density at radius 2 is 1.78 bits per heavy atom. The van der Waals surface area contributed by atoms with Crippen LogP contribution in [0.5, 0.6) is 0 Å². The second-order valence-corrected chi connectivity index (χ2v) is 6.38. The summed E-state index contributed by atoms with van der Waals surface area (Å²) in [5.41, 5.74) is 2.45. The van der Waals surface area contributed by atoms with Gasteiger partial charge in [0.1, 0.15) is 5.58 Å². The Kier molecular flexibility index (Phi) is 5.07. The predicted molar refractivity (Wildman–Crippen MR) is 102 cm³/mol. The van der Waals surface area contributed by atoms with E-state index in [-0.39, 0.29) is 16.8 Å². The maximum atomic E-state index is 12.3. The maximum absolute atomic E-state index is 12.3. The fourth-order valence-corrected chi connectivity index (χ4v) is 2.61. The second-order valence-electron chi connectivity index (χ2n) is 6.38. The van der Waals surface area contributed by atoms with Gasteiger partial charge in [0, 0.05) is 11.8 Å². The third-order valence-corrected chi connectivity index (χ3v) is 4.02. The molecular formula is C21H19NO5. The lowest BCUT2D eigenvalue weighted by atomic mass is 10.1. The standard InChI is InChI=1S/C21H19NO5/c1-12-5-4-6-15(9-12)22-20(24)14(3)26-21(25)19-11-17(23)16-10-13(2)7-8-18(16)27-19/h4-11,14H,1-3H3,(H,22,24)/t14-/m1/s1. The Morgan fingerprint density at radius 1 is 1.04 bits per heavy atom. The van der Waals surface area contributed by atoms with Crippen LogP contribution >= 0.6 is 0 Å². The zero-order valence-electron chi connectivity index (χ0n) is 15.2. The van der Waals surface area contributed by atoms with Crippen LogP contribution in [0.15, 0.2) is 57.7 Å². The number of aryl methyl sites for hydroxylation is 2. The number of fused-ring (bicyclic) bond motifs is 1. The number of anilines is 1. The zero-order chi connectivity index (χ0) is 19.6. The summed E-state index contributed by atoms with van der Waals surface area (Å²) in [6.07, 6.45) is -1.06. The molecule has 0 spiro atoms. The molecule has 0 radical (unpaired) electrons. The van der Waals surface area contributed by atoms with Crippen LogP contribution in [0.1, 0.15) is 28.6 Å². The molecule has 138 valence electrons. The second kappa shape index (κ2) is 7.45. The van der Waals surface area contributed by atoms with Crippen molar-refractivity contribution in [1.82, 2.24) is 0 Å². The monoisotopic (exact) mass is 365 g/mol. The molecule has 3 aromatic rings. The van der Waals surface area contributed by atoms with Gasteiger partial charge < -0.3 is 14.5 Å². The van der Waals surface area contributed by atoms with Gasteiger partial charge in [-0.2, -0.15) is 0 Å². The quantitative estimate of drug-likeness (QED) is 0.714. The van der Waals surface area contributed by atoms with Crippen molar-refractivity contribution in [3.8, 4) is 0 Å². The molecule has 0 aliphatic rings. The van der Waals surface area contributed by atoms with Crippen molar-refractivity contribution in [2.45, 2.75) is 26.9 Å². The normalized spacial score (nSPS) is 11.8. The van der Waals surface area contributed by atoms with Crippen molar-refractivity contribution in [3.05, 3.63) is 75.6 Å². The molecule has 1 aromatic heterocycles. The number of hydrogen-bond donors (Lipinski definition) is 1. The molecule has 3 rings (SSSR count). The van der Waals surface area contributed by atoms with Gasteiger partial charge in [0.15, 0.2) is 11.5 Å². The van der Waals surface area contributed by atoms with Crippen molar-refractivity contribution >= 4 is 28.5 Å². The van der Waals surface area contributed by atoms with E-state index in [1.807, 2.05) is 26.0 Å². The van der Waals surface area contributed by atoms with E-state index in [2.05, 4.69) is 5.32 Å². The molecule has 0 aliphatic carbocycles. The highest BCUT2D eigenvalue weighted by molar-refractivity contribution is 5.97. The smallest absolute Gasteiger partial charge is 0.375 e. The number of carbonyl (C=O) groups excluding carboxylic acids is 2. The minimum atomic E-state index is -1.06. The molecule has 0 aliphatic heterocycles. The van der Waals surface area contributed by atoms with Gasteiger partial charge in [-0.15, -0.1) is 0 Å². The highest BCUT2D eigenvalue weighted by Crippen LogP contribution is 2.16. The third-order valence-electron chi connectivity index (χ3n) is 4.02. The van der Waals surface area contributed by atoms with Crippen molar-refractivity contribution in [3.63, 3.8) is 0 Å². The molecule has 27 heavy (non-hydrogen) atoms. The summed E-state index contributed by atoms with van der Waals surface area (Å²) < 4.78 is 10.6. The number of nitrogens with one attached hydrogen (secondary N) is 1. The number of carbonyl (C=O) groups is 2. The van der Waals surface area contributed by atoms with Gasteiger partial charge in [-0.25, -0.2) is 4.79 Å². The lowest BCUT2D eigenvalue weighted by Gasteiger charge is -2.13. The maximum Gasteiger partial charge on any atom is 0.375 e. The van der Waals surface area contributed by atoms with Crippen molar-refractivity contribution < 1.29 is 18.7 Å². The van der Waals surface area contributed by atoms with E-state index >= 15 is 0 Å². The average molecular weight is 365 g/mol. The molecule has 0 saturated heterocycles. The topological polar surface area (TPSA) is 85.6 Å². The molecule has 1 atom stereocenters. The number of hydrogen-bond acceptors (Lipinski definition) is 5. The number of esters is 1. The van der Waals surface area contributed by atoms with E-state index in [4.69, 9.17) is 9.15 Å². The molecule has 6 nitrogen and oxygen atoms in total. The molecule has 1 N–H and O–H groups in total. The summed E-state index contributed by atoms with van der Waals surface area (Å²) in [6.45, 7) is 5.21. The zero-order valence-corrected chi connectivity index (χ0v) is 15.2. The molecule has 0 saturated carbocycles. The number of ether oxygens (including phenoxy) is 1. The van der Waals surface area contributed by atoms with Crippen LogP contribution in [0.4, 0.5) is 5.69 Å². The number of amides is 1. The van der Waals surface area contributed by atoms with Crippen molar-refractivity contribution in [2.75, 3.05) is 5.32 Å². The Labute approximate surface area is 155 Å². The SMILES string of the molecule is Cc1cccc(NC(=O)[C@@H](C)OC(=O)c2cc(=O)c3cc(C)ccc3o2)c1. The summed E-state index contributed by atoms with van der Waals surface area (Å²) in [5.74, 6) is -1.60. The van der Waals surface area contributed by atoms with E-state index in [0.717, 1.165) is 17.2 Å². The Hall–Kier alpha value is -3.41. The van der Waals surface area contributed by atoms with Gasteiger partial charge in [0.25, 0.3) is 5.91 Å². The Bertz CT molecular complexity index is 1080. The molecular weight excluding hydrogens is 346 g/mol.